The molecule has 0 aliphatic carbocycles. The number of anilines is 1. The highest BCUT2D eigenvalue weighted by Gasteiger charge is 2.19. The number of aromatic carboxylic acids is 1. The van der Waals surface area contributed by atoms with Crippen LogP contribution in [0.25, 0.3) is 0 Å². The lowest BCUT2D eigenvalue weighted by molar-refractivity contribution is -0.133. The zero-order valence-electron chi connectivity index (χ0n) is 16.1. The molecule has 2 amide bonds. The summed E-state index contributed by atoms with van der Waals surface area (Å²) in [4.78, 5) is 38.3. The van der Waals surface area contributed by atoms with Gasteiger partial charge in [-0.2, -0.15) is 0 Å². The number of carbonyl (C=O) groups is 3. The van der Waals surface area contributed by atoms with Gasteiger partial charge in [0, 0.05) is 13.1 Å². The van der Waals surface area contributed by atoms with Crippen molar-refractivity contribution in [3.63, 3.8) is 0 Å². The Bertz CT molecular complexity index is 888. The Morgan fingerprint density at radius 2 is 1.52 bits per heavy atom. The van der Waals surface area contributed by atoms with Crippen LogP contribution in [0.15, 0.2) is 48.5 Å². The predicted molar refractivity (Wildman–Crippen MR) is 108 cm³/mol. The quantitative estimate of drug-likeness (QED) is 0.780. The fourth-order valence-electron chi connectivity index (χ4n) is 3.30. The summed E-state index contributed by atoms with van der Waals surface area (Å²) in [6, 6.07) is 12.8. The summed E-state index contributed by atoms with van der Waals surface area (Å²) in [6.45, 7) is 1.32. The maximum atomic E-state index is 12.7. The van der Waals surface area contributed by atoms with Gasteiger partial charge < -0.3 is 20.1 Å². The van der Waals surface area contributed by atoms with Crippen LogP contribution in [0.4, 0.5) is 5.69 Å². The average molecular weight is 396 g/mol. The standard InChI is InChI=1S/C22H24N2O5/c25-20(24-13-7-1-2-8-14-24)15-29-19-12-6-4-10-17(19)21(26)23-18-11-5-3-9-16(18)22(27)28/h3-6,9-12H,1-2,7-8,13-15H2,(H,23,26)(H,27,28). The highest BCUT2D eigenvalue weighted by molar-refractivity contribution is 6.09. The Balaban J connectivity index is 1.69. The molecule has 7 nitrogen and oxygen atoms in total. The fraction of sp³-hybridized carbons (Fsp3) is 0.318. The molecule has 7 heteroatoms. The first-order valence-corrected chi connectivity index (χ1v) is 9.69. The van der Waals surface area contributed by atoms with E-state index in [0.717, 1.165) is 38.8 Å². The number of ether oxygens (including phenoxy) is 1. The molecule has 152 valence electrons. The second-order valence-corrected chi connectivity index (χ2v) is 6.88. The molecular weight excluding hydrogens is 372 g/mol. The zero-order valence-corrected chi connectivity index (χ0v) is 16.1. The molecule has 0 saturated carbocycles. The van der Waals surface area contributed by atoms with Crippen LogP contribution in [0, 0.1) is 0 Å². The van der Waals surface area contributed by atoms with Gasteiger partial charge >= 0.3 is 5.97 Å². The zero-order chi connectivity index (χ0) is 20.6. The van der Waals surface area contributed by atoms with E-state index in [2.05, 4.69) is 5.32 Å². The van der Waals surface area contributed by atoms with Crippen LogP contribution >= 0.6 is 0 Å². The number of hydrogen-bond donors (Lipinski definition) is 2. The van der Waals surface area contributed by atoms with Crippen molar-refractivity contribution in [3.8, 4) is 5.75 Å². The number of amides is 2. The van der Waals surface area contributed by atoms with Crippen LogP contribution in [0.2, 0.25) is 0 Å². The summed E-state index contributed by atoms with van der Waals surface area (Å²) in [5.41, 5.74) is 0.424. The molecular formula is C22H24N2O5. The van der Waals surface area contributed by atoms with E-state index in [-0.39, 0.29) is 35.1 Å². The lowest BCUT2D eigenvalue weighted by Crippen LogP contribution is -2.35. The molecule has 1 aliphatic heterocycles. The SMILES string of the molecule is O=C(O)c1ccccc1NC(=O)c1ccccc1OCC(=O)N1CCCCCC1. The van der Waals surface area contributed by atoms with Gasteiger partial charge in [0.1, 0.15) is 5.75 Å². The molecule has 2 N–H and O–H groups in total. The molecule has 2 aromatic rings. The predicted octanol–water partition coefficient (Wildman–Crippen LogP) is 3.42. The van der Waals surface area contributed by atoms with Gasteiger partial charge in [-0.15, -0.1) is 0 Å². The summed E-state index contributed by atoms with van der Waals surface area (Å²) < 4.78 is 5.66. The van der Waals surface area contributed by atoms with Crippen LogP contribution in [-0.2, 0) is 4.79 Å². The third-order valence-electron chi connectivity index (χ3n) is 4.85. The molecule has 0 atom stereocenters. The topological polar surface area (TPSA) is 95.9 Å². The maximum Gasteiger partial charge on any atom is 0.337 e. The first kappa shape index (κ1) is 20.4. The van der Waals surface area contributed by atoms with E-state index in [1.54, 1.807) is 41.3 Å². The highest BCUT2D eigenvalue weighted by atomic mass is 16.5. The van der Waals surface area contributed by atoms with Crippen molar-refractivity contribution in [2.45, 2.75) is 25.7 Å². The molecule has 0 bridgehead atoms. The first-order chi connectivity index (χ1) is 14.1. The Labute approximate surface area is 169 Å². The van der Waals surface area contributed by atoms with Crippen LogP contribution in [0.3, 0.4) is 0 Å². The van der Waals surface area contributed by atoms with Gasteiger partial charge in [0.25, 0.3) is 11.8 Å². The lowest BCUT2D eigenvalue weighted by atomic mass is 10.1. The number of nitrogens with zero attached hydrogens (tertiary/aromatic N) is 1. The van der Waals surface area contributed by atoms with Crippen LogP contribution in [0.1, 0.15) is 46.4 Å². The number of nitrogens with one attached hydrogen (secondary N) is 1. The van der Waals surface area contributed by atoms with Gasteiger partial charge in [-0.1, -0.05) is 37.1 Å². The van der Waals surface area contributed by atoms with Crippen molar-refractivity contribution in [3.05, 3.63) is 59.7 Å². The van der Waals surface area contributed by atoms with Crippen molar-refractivity contribution in [2.75, 3.05) is 25.0 Å². The Morgan fingerprint density at radius 1 is 0.897 bits per heavy atom. The number of likely N-dealkylation sites (tertiary alicyclic amines) is 1. The summed E-state index contributed by atoms with van der Waals surface area (Å²) >= 11 is 0. The van der Waals surface area contributed by atoms with Crippen molar-refractivity contribution in [2.24, 2.45) is 0 Å². The molecule has 0 spiro atoms. The number of rotatable bonds is 6. The lowest BCUT2D eigenvalue weighted by Gasteiger charge is -2.20. The third-order valence-corrected chi connectivity index (χ3v) is 4.85. The van der Waals surface area contributed by atoms with E-state index in [0.29, 0.717) is 0 Å². The molecule has 3 rings (SSSR count). The smallest absolute Gasteiger partial charge is 0.337 e. The first-order valence-electron chi connectivity index (χ1n) is 9.69. The number of carboxylic acid groups (broad SMARTS) is 1. The number of hydrogen-bond acceptors (Lipinski definition) is 4. The molecule has 2 aromatic carbocycles. The highest BCUT2D eigenvalue weighted by Crippen LogP contribution is 2.22. The third kappa shape index (κ3) is 5.34. The molecule has 0 unspecified atom stereocenters. The molecule has 1 aliphatic rings. The van der Waals surface area contributed by atoms with E-state index >= 15 is 0 Å². The molecule has 1 fully saturated rings. The van der Waals surface area contributed by atoms with Gasteiger partial charge in [-0.25, -0.2) is 4.79 Å². The van der Waals surface area contributed by atoms with Gasteiger partial charge in [0.2, 0.25) is 0 Å². The van der Waals surface area contributed by atoms with Gasteiger partial charge in [0.15, 0.2) is 6.61 Å². The van der Waals surface area contributed by atoms with E-state index < -0.39 is 11.9 Å². The fourth-order valence-corrected chi connectivity index (χ4v) is 3.30. The van der Waals surface area contributed by atoms with Crippen molar-refractivity contribution < 1.29 is 24.2 Å². The largest absolute Gasteiger partial charge is 0.483 e. The minimum absolute atomic E-state index is 0.00408. The maximum absolute atomic E-state index is 12.7. The van der Waals surface area contributed by atoms with E-state index in [4.69, 9.17) is 4.74 Å². The molecule has 1 saturated heterocycles. The summed E-state index contributed by atoms with van der Waals surface area (Å²) in [6.07, 6.45) is 4.25. The Kier molecular flexibility index (Phi) is 6.84. The monoisotopic (exact) mass is 396 g/mol. The average Bonchev–Trinajstić information content (AvgIpc) is 3.02. The summed E-state index contributed by atoms with van der Waals surface area (Å²) in [5, 5.41) is 11.9. The van der Waals surface area contributed by atoms with Crippen LogP contribution < -0.4 is 10.1 Å². The van der Waals surface area contributed by atoms with Crippen LogP contribution in [-0.4, -0.2) is 47.5 Å². The van der Waals surface area contributed by atoms with E-state index in [1.807, 2.05) is 0 Å². The molecule has 29 heavy (non-hydrogen) atoms. The second kappa shape index (κ2) is 9.73. The van der Waals surface area contributed by atoms with Gasteiger partial charge in [0.05, 0.1) is 16.8 Å². The van der Waals surface area contributed by atoms with Crippen molar-refractivity contribution >= 4 is 23.5 Å². The van der Waals surface area contributed by atoms with E-state index in [1.165, 1.54) is 12.1 Å². The number of carbonyl (C=O) groups excluding carboxylic acids is 2. The van der Waals surface area contributed by atoms with E-state index in [9.17, 15) is 19.5 Å². The number of benzene rings is 2. The second-order valence-electron chi connectivity index (χ2n) is 6.88. The summed E-state index contributed by atoms with van der Waals surface area (Å²) in [7, 11) is 0. The molecule has 0 aromatic heterocycles. The van der Waals surface area contributed by atoms with Crippen molar-refractivity contribution in [1.82, 2.24) is 4.90 Å². The van der Waals surface area contributed by atoms with Crippen LogP contribution in [0.5, 0.6) is 5.75 Å². The Morgan fingerprint density at radius 3 is 2.21 bits per heavy atom. The number of carboxylic acids is 1. The molecule has 1 heterocycles. The Hall–Kier alpha value is -3.35. The van der Waals surface area contributed by atoms with Gasteiger partial charge in [-0.05, 0) is 37.1 Å². The number of para-hydroxylation sites is 2. The normalized spacial score (nSPS) is 14.0. The molecule has 0 radical (unpaired) electrons. The van der Waals surface area contributed by atoms with Crippen molar-refractivity contribution in [1.29, 1.82) is 0 Å². The minimum Gasteiger partial charge on any atom is -0.483 e. The van der Waals surface area contributed by atoms with Gasteiger partial charge in [-0.3, -0.25) is 9.59 Å². The minimum atomic E-state index is -1.13. The summed E-state index contributed by atoms with van der Waals surface area (Å²) in [5.74, 6) is -1.45.